The summed E-state index contributed by atoms with van der Waals surface area (Å²) in [5, 5.41) is 0. The predicted molar refractivity (Wildman–Crippen MR) is 32.8 cm³/mol. The van der Waals surface area contributed by atoms with Crippen LogP contribution in [0.5, 0.6) is 0 Å². The zero-order chi connectivity index (χ0) is 7.40. The minimum absolute atomic E-state index is 0.318. The van der Waals surface area contributed by atoms with Crippen molar-refractivity contribution in [1.29, 1.82) is 0 Å². The lowest BCUT2D eigenvalue weighted by Gasteiger charge is -1.89. The zero-order valence-corrected chi connectivity index (χ0v) is 6.85. The van der Waals surface area contributed by atoms with Gasteiger partial charge in [-0.2, -0.15) is 0 Å². The maximum atomic E-state index is 10.5. The van der Waals surface area contributed by atoms with Gasteiger partial charge in [0.1, 0.15) is 13.2 Å². The van der Waals surface area contributed by atoms with Crippen molar-refractivity contribution in [3.63, 3.8) is 0 Å². The fourth-order valence-corrected chi connectivity index (χ4v) is 1.81. The molecule has 1 fully saturated rings. The molecule has 0 bridgehead atoms. The average molecular weight is 184 g/mol. The Morgan fingerprint density at radius 3 is 2.00 bits per heavy atom. The van der Waals surface area contributed by atoms with Gasteiger partial charge in [-0.25, -0.2) is 0 Å². The van der Waals surface area contributed by atoms with E-state index in [1.807, 2.05) is 0 Å². The molecule has 1 rings (SSSR count). The summed E-state index contributed by atoms with van der Waals surface area (Å²) in [6.45, 7) is 0.636. The van der Waals surface area contributed by atoms with Gasteiger partial charge in [0.05, 0.1) is 0 Å². The third kappa shape index (κ3) is 2.78. The summed E-state index contributed by atoms with van der Waals surface area (Å²) in [5.74, 6) is 0. The second-order valence-corrected chi connectivity index (χ2v) is 3.61. The molecule has 0 N–H and O–H groups in total. The van der Waals surface area contributed by atoms with Gasteiger partial charge in [0, 0.05) is 15.6 Å². The van der Waals surface area contributed by atoms with Crippen LogP contribution in [0.1, 0.15) is 6.42 Å². The molecular weight excluding hydrogens is 178 g/mol. The molecule has 0 radical (unpaired) electrons. The van der Waals surface area contributed by atoms with E-state index in [0.717, 1.165) is 0 Å². The summed E-state index contributed by atoms with van der Waals surface area (Å²) in [6.07, 6.45) is 0.589. The molecule has 0 amide bonds. The van der Waals surface area contributed by atoms with Crippen LogP contribution in [0.2, 0.25) is 0 Å². The van der Waals surface area contributed by atoms with E-state index in [9.17, 15) is 9.13 Å². The highest BCUT2D eigenvalue weighted by molar-refractivity contribution is 7.47. The first-order valence-corrected chi connectivity index (χ1v) is 4.86. The summed E-state index contributed by atoms with van der Waals surface area (Å²) >= 11 is 0. The summed E-state index contributed by atoms with van der Waals surface area (Å²) in [5.41, 5.74) is 0. The normalized spacial score (nSPS) is 29.2. The molecule has 10 heavy (non-hydrogen) atoms. The Morgan fingerprint density at radius 2 is 1.50 bits per heavy atom. The van der Waals surface area contributed by atoms with Crippen molar-refractivity contribution in [2.75, 3.05) is 13.2 Å². The molecule has 5 nitrogen and oxygen atoms in total. The van der Waals surface area contributed by atoms with E-state index in [1.54, 1.807) is 0 Å². The summed E-state index contributed by atoms with van der Waals surface area (Å²) in [6, 6.07) is 0. The van der Waals surface area contributed by atoms with Crippen molar-refractivity contribution < 1.29 is 22.5 Å². The van der Waals surface area contributed by atoms with Crippen LogP contribution < -0.4 is 0 Å². The quantitative estimate of drug-likeness (QED) is 0.536. The Bertz CT molecular complexity index is 141. The van der Waals surface area contributed by atoms with Crippen molar-refractivity contribution in [1.82, 2.24) is 0 Å². The van der Waals surface area contributed by atoms with Crippen molar-refractivity contribution in [2.24, 2.45) is 0 Å². The van der Waals surface area contributed by atoms with Gasteiger partial charge in [0.15, 0.2) is 4.31 Å². The first kappa shape index (κ1) is 8.18. The Balaban J connectivity index is 2.40. The van der Waals surface area contributed by atoms with Crippen LogP contribution in [-0.2, 0) is 22.5 Å². The van der Waals surface area contributed by atoms with Crippen LogP contribution in [0.15, 0.2) is 0 Å². The standard InChI is InChI=1S/C3H6O5P2/c4-9-6-2-1-3-7-10(5)8-9/h1-3H2/q+2. The Morgan fingerprint density at radius 1 is 1.00 bits per heavy atom. The van der Waals surface area contributed by atoms with Crippen molar-refractivity contribution in [3.05, 3.63) is 0 Å². The molecule has 1 heterocycles. The van der Waals surface area contributed by atoms with Crippen LogP contribution in [0.3, 0.4) is 0 Å². The van der Waals surface area contributed by atoms with Crippen LogP contribution in [-0.4, -0.2) is 13.2 Å². The topological polar surface area (TPSA) is 61.8 Å². The number of hydrogen-bond donors (Lipinski definition) is 0. The van der Waals surface area contributed by atoms with E-state index in [-0.39, 0.29) is 0 Å². The molecule has 0 aromatic heterocycles. The van der Waals surface area contributed by atoms with Gasteiger partial charge in [-0.15, -0.1) is 9.05 Å². The fraction of sp³-hybridized carbons (Fsp3) is 1.00. The molecule has 56 valence electrons. The minimum atomic E-state index is -2.23. The van der Waals surface area contributed by atoms with Crippen LogP contribution in [0.4, 0.5) is 0 Å². The second kappa shape index (κ2) is 4.06. The van der Waals surface area contributed by atoms with Gasteiger partial charge < -0.3 is 0 Å². The predicted octanol–water partition coefficient (Wildman–Crippen LogP) is 1.75. The maximum absolute atomic E-state index is 10.5. The highest BCUT2D eigenvalue weighted by Gasteiger charge is 2.41. The van der Waals surface area contributed by atoms with Crippen molar-refractivity contribution >= 4 is 16.5 Å². The van der Waals surface area contributed by atoms with E-state index in [0.29, 0.717) is 19.6 Å². The third-order valence-electron chi connectivity index (χ3n) is 0.815. The molecule has 0 aliphatic carbocycles. The summed E-state index contributed by atoms with van der Waals surface area (Å²) in [4.78, 5) is 0. The molecular formula is C3H6O5P2+2. The molecule has 7 heteroatoms. The van der Waals surface area contributed by atoms with E-state index in [1.165, 1.54) is 0 Å². The van der Waals surface area contributed by atoms with Gasteiger partial charge in [-0.1, -0.05) is 0 Å². The number of hydrogen-bond acceptors (Lipinski definition) is 5. The van der Waals surface area contributed by atoms with Crippen LogP contribution >= 0.6 is 16.5 Å². The Kier molecular flexibility index (Phi) is 3.32. The summed E-state index contributed by atoms with van der Waals surface area (Å²) < 4.78 is 34.4. The molecule has 0 spiro atoms. The van der Waals surface area contributed by atoms with E-state index in [2.05, 4.69) is 13.4 Å². The zero-order valence-electron chi connectivity index (χ0n) is 5.06. The van der Waals surface area contributed by atoms with E-state index < -0.39 is 16.5 Å². The molecule has 0 saturated carbocycles. The van der Waals surface area contributed by atoms with Crippen molar-refractivity contribution in [2.45, 2.75) is 6.42 Å². The first-order chi connectivity index (χ1) is 4.79. The third-order valence-corrected chi connectivity index (χ3v) is 2.67. The lowest BCUT2D eigenvalue weighted by molar-refractivity contribution is 0.202. The van der Waals surface area contributed by atoms with Gasteiger partial charge in [-0.05, 0) is 0 Å². The van der Waals surface area contributed by atoms with Gasteiger partial charge in [-0.3, -0.25) is 0 Å². The summed E-state index contributed by atoms with van der Waals surface area (Å²) in [7, 11) is -4.47. The smallest absolute Gasteiger partial charge is 0.116 e. The lowest BCUT2D eigenvalue weighted by atomic mass is 10.5. The maximum Gasteiger partial charge on any atom is 0.747 e. The minimum Gasteiger partial charge on any atom is -0.116 e. The molecule has 2 unspecified atom stereocenters. The molecule has 0 aromatic carbocycles. The van der Waals surface area contributed by atoms with Gasteiger partial charge in [0.2, 0.25) is 0 Å². The lowest BCUT2D eigenvalue weighted by Crippen LogP contribution is -1.96. The van der Waals surface area contributed by atoms with E-state index in [4.69, 9.17) is 0 Å². The van der Waals surface area contributed by atoms with Gasteiger partial charge in [0.25, 0.3) is 0 Å². The largest absolute Gasteiger partial charge is 0.747 e. The fourth-order valence-electron chi connectivity index (χ4n) is 0.439. The molecule has 0 aromatic rings. The Hall–Kier alpha value is 0.0800. The highest BCUT2D eigenvalue weighted by atomic mass is 31.2. The molecule has 1 aliphatic rings. The van der Waals surface area contributed by atoms with Crippen LogP contribution in [0.25, 0.3) is 0 Å². The molecule has 1 aliphatic heterocycles. The van der Waals surface area contributed by atoms with Crippen LogP contribution in [0, 0.1) is 0 Å². The van der Waals surface area contributed by atoms with Gasteiger partial charge >= 0.3 is 16.5 Å². The van der Waals surface area contributed by atoms with Crippen molar-refractivity contribution in [3.8, 4) is 0 Å². The highest BCUT2D eigenvalue weighted by Crippen LogP contribution is 2.40. The SMILES string of the molecule is O=[P+]1OCCCO[P+](=O)O1. The number of rotatable bonds is 0. The molecule has 1 saturated heterocycles. The monoisotopic (exact) mass is 184 g/mol. The van der Waals surface area contributed by atoms with E-state index >= 15 is 0 Å². The first-order valence-electron chi connectivity index (χ1n) is 2.67. The average Bonchev–Trinajstić information content (AvgIpc) is 1.83. The molecule has 2 atom stereocenters. The Labute approximate surface area is 59.6 Å². The second-order valence-electron chi connectivity index (χ2n) is 1.55.